The molecule has 0 aliphatic carbocycles. The Morgan fingerprint density at radius 2 is 1.61 bits per heavy atom. The summed E-state index contributed by atoms with van der Waals surface area (Å²) in [5, 5.41) is 12.2. The van der Waals surface area contributed by atoms with Crippen LogP contribution in [-0.2, 0) is 0 Å². The van der Waals surface area contributed by atoms with Crippen molar-refractivity contribution in [3.8, 4) is 5.75 Å². The van der Waals surface area contributed by atoms with Crippen LogP contribution in [0.4, 0.5) is 41.2 Å². The highest BCUT2D eigenvalue weighted by Crippen LogP contribution is 2.44. The van der Waals surface area contributed by atoms with Gasteiger partial charge in [0.15, 0.2) is 11.6 Å². The number of aliphatic hydroxyl groups is 1. The van der Waals surface area contributed by atoms with Gasteiger partial charge >= 0.3 is 24.2 Å². The molecule has 3 N–H and O–H groups in total. The molecule has 0 aliphatic rings. The maximum absolute atomic E-state index is 13.9. The van der Waals surface area contributed by atoms with Gasteiger partial charge in [0.1, 0.15) is 0 Å². The molecule has 1 atom stereocenters. The fourth-order valence-corrected chi connectivity index (χ4v) is 2.23. The topological polar surface area (TPSA) is 87.7 Å². The molecule has 2 aromatic rings. The standard InChI is InChI=1S/C17H10ClF7N2O4/c18-10-4-2-1-3-9(10)13(28)27-14(29)26-8-5-6-12(11(19)7-8)31-17(24,25)15(20,30)16(21,22)23/h1-7,30H,(H2,26,27,28,29). The molecule has 31 heavy (non-hydrogen) atoms. The molecule has 0 bridgehead atoms. The summed E-state index contributed by atoms with van der Waals surface area (Å²) in [5.41, 5.74) is -0.510. The first-order valence-electron chi connectivity index (χ1n) is 7.87. The number of carbonyl (C=O) groups excluding carboxylic acids is 2. The van der Waals surface area contributed by atoms with Crippen LogP contribution in [0.15, 0.2) is 42.5 Å². The number of hydrogen-bond acceptors (Lipinski definition) is 4. The molecule has 168 valence electrons. The second-order valence-corrected chi connectivity index (χ2v) is 6.18. The first-order valence-corrected chi connectivity index (χ1v) is 8.25. The molecule has 0 saturated carbocycles. The number of imide groups is 1. The highest BCUT2D eigenvalue weighted by Gasteiger charge is 2.73. The molecule has 0 fully saturated rings. The fraction of sp³-hybridized carbons (Fsp3) is 0.176. The van der Waals surface area contributed by atoms with Crippen LogP contribution < -0.4 is 15.4 Å². The van der Waals surface area contributed by atoms with E-state index in [1.165, 1.54) is 24.3 Å². The Bertz CT molecular complexity index is 999. The summed E-state index contributed by atoms with van der Waals surface area (Å²) >= 11 is 5.78. The predicted molar refractivity (Wildman–Crippen MR) is 92.0 cm³/mol. The molecule has 0 spiro atoms. The Kier molecular flexibility index (Phi) is 6.71. The Morgan fingerprint density at radius 1 is 1.00 bits per heavy atom. The second kappa shape index (κ2) is 8.59. The third-order valence-electron chi connectivity index (χ3n) is 3.53. The molecule has 1 unspecified atom stereocenters. The van der Waals surface area contributed by atoms with Crippen molar-refractivity contribution in [2.45, 2.75) is 18.1 Å². The third-order valence-corrected chi connectivity index (χ3v) is 3.86. The molecule has 0 heterocycles. The summed E-state index contributed by atoms with van der Waals surface area (Å²) in [6, 6.07) is 5.81. The van der Waals surface area contributed by atoms with Gasteiger partial charge in [-0.05, 0) is 24.3 Å². The van der Waals surface area contributed by atoms with Gasteiger partial charge in [-0.3, -0.25) is 10.1 Å². The smallest absolute Gasteiger partial charge is 0.425 e. The van der Waals surface area contributed by atoms with Crippen LogP contribution in [0.3, 0.4) is 0 Å². The summed E-state index contributed by atoms with van der Waals surface area (Å²) in [4.78, 5) is 23.7. The van der Waals surface area contributed by atoms with E-state index in [4.69, 9.17) is 16.7 Å². The first kappa shape index (κ1) is 24.2. The minimum atomic E-state index is -6.44. The van der Waals surface area contributed by atoms with Gasteiger partial charge in [0.2, 0.25) is 0 Å². The molecule has 0 radical (unpaired) electrons. The number of ether oxygens (including phenoxy) is 1. The number of hydrogen-bond donors (Lipinski definition) is 3. The van der Waals surface area contributed by atoms with Gasteiger partial charge in [-0.15, -0.1) is 0 Å². The van der Waals surface area contributed by atoms with Gasteiger partial charge in [-0.1, -0.05) is 23.7 Å². The number of halogens is 8. The van der Waals surface area contributed by atoms with E-state index in [0.29, 0.717) is 18.2 Å². The third kappa shape index (κ3) is 5.35. The average molecular weight is 475 g/mol. The summed E-state index contributed by atoms with van der Waals surface area (Å²) < 4.78 is 93.7. The zero-order valence-electron chi connectivity index (χ0n) is 14.7. The average Bonchev–Trinajstić information content (AvgIpc) is 2.63. The molecule has 14 heteroatoms. The van der Waals surface area contributed by atoms with E-state index in [1.807, 2.05) is 10.6 Å². The molecule has 0 aliphatic heterocycles. The Labute approximate surface area is 173 Å². The Morgan fingerprint density at radius 3 is 2.16 bits per heavy atom. The van der Waals surface area contributed by atoms with E-state index in [1.54, 1.807) is 0 Å². The number of anilines is 1. The normalized spacial score (nSPS) is 13.8. The number of benzene rings is 2. The number of urea groups is 1. The summed E-state index contributed by atoms with van der Waals surface area (Å²) in [7, 11) is 0. The first-order chi connectivity index (χ1) is 14.2. The van der Waals surface area contributed by atoms with Crippen molar-refractivity contribution in [2.24, 2.45) is 0 Å². The fourth-order valence-electron chi connectivity index (χ4n) is 2.01. The van der Waals surface area contributed by atoms with Crippen LogP contribution in [0.25, 0.3) is 0 Å². The van der Waals surface area contributed by atoms with Gasteiger partial charge in [-0.2, -0.15) is 26.3 Å². The van der Waals surface area contributed by atoms with E-state index in [9.17, 15) is 40.3 Å². The molecule has 6 nitrogen and oxygen atoms in total. The summed E-state index contributed by atoms with van der Waals surface area (Å²) in [6.45, 7) is 0. The van der Waals surface area contributed by atoms with Gasteiger partial charge in [-0.25, -0.2) is 9.18 Å². The van der Waals surface area contributed by atoms with E-state index >= 15 is 0 Å². The van der Waals surface area contributed by atoms with E-state index in [0.717, 1.165) is 0 Å². The minimum absolute atomic E-state index is 0.0213. The second-order valence-electron chi connectivity index (χ2n) is 5.77. The number of carbonyl (C=O) groups is 2. The SMILES string of the molecule is O=C(NC(=O)c1ccccc1Cl)Nc1ccc(OC(F)(F)C(O)(F)C(F)(F)F)c(F)c1. The van der Waals surface area contributed by atoms with Crippen molar-refractivity contribution >= 4 is 29.2 Å². The summed E-state index contributed by atoms with van der Waals surface area (Å²) in [6.07, 6.45) is -12.3. The zero-order valence-corrected chi connectivity index (χ0v) is 15.5. The maximum atomic E-state index is 13.9. The van der Waals surface area contributed by atoms with Crippen molar-refractivity contribution < 1.29 is 50.2 Å². The van der Waals surface area contributed by atoms with Gasteiger partial charge in [0.25, 0.3) is 5.91 Å². The van der Waals surface area contributed by atoms with Crippen LogP contribution in [-0.4, -0.2) is 35.2 Å². The van der Waals surface area contributed by atoms with Crippen LogP contribution in [0.5, 0.6) is 5.75 Å². The van der Waals surface area contributed by atoms with Crippen molar-refractivity contribution in [3.05, 3.63) is 58.9 Å². The molecule has 3 amide bonds. The van der Waals surface area contributed by atoms with Crippen LogP contribution in [0.2, 0.25) is 5.02 Å². The van der Waals surface area contributed by atoms with Crippen molar-refractivity contribution in [1.29, 1.82) is 0 Å². The van der Waals surface area contributed by atoms with Crippen LogP contribution in [0.1, 0.15) is 10.4 Å². The van der Waals surface area contributed by atoms with Crippen LogP contribution >= 0.6 is 11.6 Å². The highest BCUT2D eigenvalue weighted by molar-refractivity contribution is 6.34. The van der Waals surface area contributed by atoms with Gasteiger partial charge < -0.3 is 15.2 Å². The lowest BCUT2D eigenvalue weighted by Gasteiger charge is -2.29. The van der Waals surface area contributed by atoms with Gasteiger partial charge in [0, 0.05) is 11.8 Å². The lowest BCUT2D eigenvalue weighted by molar-refractivity contribution is -0.429. The van der Waals surface area contributed by atoms with Crippen molar-refractivity contribution in [3.63, 3.8) is 0 Å². The van der Waals surface area contributed by atoms with Crippen molar-refractivity contribution in [1.82, 2.24) is 5.32 Å². The lowest BCUT2D eigenvalue weighted by Crippen LogP contribution is -2.58. The number of alkyl halides is 6. The molecule has 0 saturated heterocycles. The van der Waals surface area contributed by atoms with Gasteiger partial charge in [0.05, 0.1) is 10.6 Å². The maximum Gasteiger partial charge on any atom is 0.469 e. The van der Waals surface area contributed by atoms with E-state index < -0.39 is 47.3 Å². The predicted octanol–water partition coefficient (Wildman–Crippen LogP) is 4.63. The molecule has 2 rings (SSSR count). The number of nitrogens with one attached hydrogen (secondary N) is 2. The number of amides is 3. The zero-order chi connectivity index (χ0) is 23.6. The Balaban J connectivity index is 2.10. The molecular weight excluding hydrogens is 465 g/mol. The Hall–Kier alpha value is -3.06. The van der Waals surface area contributed by atoms with Crippen LogP contribution in [0, 0.1) is 5.82 Å². The summed E-state index contributed by atoms with van der Waals surface area (Å²) in [5.74, 6) is -10.4. The molecular formula is C17H10ClF7N2O4. The van der Waals surface area contributed by atoms with E-state index in [2.05, 4.69) is 4.74 Å². The minimum Gasteiger partial charge on any atom is -0.425 e. The highest BCUT2D eigenvalue weighted by atomic mass is 35.5. The van der Waals surface area contributed by atoms with E-state index in [-0.39, 0.29) is 10.6 Å². The molecule has 2 aromatic carbocycles. The van der Waals surface area contributed by atoms with Crippen molar-refractivity contribution in [2.75, 3.05) is 5.32 Å². The lowest BCUT2D eigenvalue weighted by atomic mass is 10.2. The monoisotopic (exact) mass is 474 g/mol. The molecule has 0 aromatic heterocycles. The number of rotatable bonds is 5. The largest absolute Gasteiger partial charge is 0.469 e. The quantitative estimate of drug-likeness (QED) is 0.551.